The number of amides is 1. The molecule has 0 saturated heterocycles. The van der Waals surface area contributed by atoms with E-state index in [2.05, 4.69) is 15.5 Å². The molecule has 2 aromatic rings. The third kappa shape index (κ3) is 4.63. The Morgan fingerprint density at radius 3 is 2.69 bits per heavy atom. The van der Waals surface area contributed by atoms with E-state index in [0.29, 0.717) is 11.7 Å². The molecule has 0 unspecified atom stereocenters. The van der Waals surface area contributed by atoms with E-state index in [-0.39, 0.29) is 17.7 Å². The van der Waals surface area contributed by atoms with Crippen LogP contribution >= 0.6 is 11.8 Å². The largest absolute Gasteiger partial charge is 0.452 e. The van der Waals surface area contributed by atoms with Gasteiger partial charge in [-0.15, -0.1) is 10.2 Å². The number of carbonyl (C=O) groups is 2. The molecule has 1 aliphatic carbocycles. The number of nitrogens with zero attached hydrogens (tertiary/aromatic N) is 3. The molecule has 1 N–H and O–H groups in total. The van der Waals surface area contributed by atoms with Gasteiger partial charge in [-0.05, 0) is 26.7 Å². The lowest BCUT2D eigenvalue weighted by atomic mass is 10.2. The van der Waals surface area contributed by atoms with E-state index < -0.39 is 12.1 Å². The lowest BCUT2D eigenvalue weighted by molar-refractivity contribution is -0.152. The first-order valence-corrected chi connectivity index (χ1v) is 9.68. The zero-order chi connectivity index (χ0) is 18.5. The number of benzene rings is 1. The first kappa shape index (κ1) is 18.4. The summed E-state index contributed by atoms with van der Waals surface area (Å²) in [4.78, 5) is 23.9. The highest BCUT2D eigenvalue weighted by Gasteiger charge is 2.27. The van der Waals surface area contributed by atoms with Crippen LogP contribution in [-0.2, 0) is 20.9 Å². The maximum absolute atomic E-state index is 12.0. The number of esters is 1. The summed E-state index contributed by atoms with van der Waals surface area (Å²) in [5.74, 6) is 0.156. The molecule has 1 aromatic carbocycles. The fourth-order valence-corrected chi connectivity index (χ4v) is 3.22. The van der Waals surface area contributed by atoms with Crippen LogP contribution in [0.1, 0.15) is 26.7 Å². The molecule has 0 aliphatic heterocycles. The lowest BCUT2D eigenvalue weighted by Gasteiger charge is -2.13. The summed E-state index contributed by atoms with van der Waals surface area (Å²) in [6, 6.07) is 10.0. The number of nitrogens with one attached hydrogen (secondary N) is 1. The van der Waals surface area contributed by atoms with Gasteiger partial charge >= 0.3 is 5.97 Å². The predicted octanol–water partition coefficient (Wildman–Crippen LogP) is 2.27. The molecular formula is C18H22N4O3S. The Balaban J connectivity index is 1.56. The second-order valence-electron chi connectivity index (χ2n) is 6.12. The van der Waals surface area contributed by atoms with Crippen molar-refractivity contribution in [1.29, 1.82) is 0 Å². The summed E-state index contributed by atoms with van der Waals surface area (Å²) in [6.45, 7) is 4.28. The molecule has 1 amide bonds. The highest BCUT2D eigenvalue weighted by atomic mass is 32.2. The van der Waals surface area contributed by atoms with Crippen molar-refractivity contribution in [3.8, 4) is 11.4 Å². The molecule has 1 saturated carbocycles. The molecule has 1 aromatic heterocycles. The molecule has 0 bridgehead atoms. The Bertz CT molecular complexity index is 774. The molecule has 0 radical (unpaired) electrons. The fourth-order valence-electron chi connectivity index (χ4n) is 2.44. The second-order valence-corrected chi connectivity index (χ2v) is 7.06. The molecule has 1 heterocycles. The average molecular weight is 374 g/mol. The fraction of sp³-hybridized carbons (Fsp3) is 0.444. The van der Waals surface area contributed by atoms with Gasteiger partial charge in [0, 0.05) is 18.2 Å². The van der Waals surface area contributed by atoms with Gasteiger partial charge in [-0.1, -0.05) is 42.1 Å². The van der Waals surface area contributed by atoms with Crippen LogP contribution in [0.4, 0.5) is 0 Å². The van der Waals surface area contributed by atoms with Gasteiger partial charge in [0.2, 0.25) is 0 Å². The van der Waals surface area contributed by atoms with Crippen LogP contribution in [0, 0.1) is 0 Å². The van der Waals surface area contributed by atoms with Gasteiger partial charge in [-0.3, -0.25) is 9.59 Å². The van der Waals surface area contributed by atoms with Gasteiger partial charge in [0.1, 0.15) is 0 Å². The van der Waals surface area contributed by atoms with Crippen molar-refractivity contribution in [2.24, 2.45) is 0 Å². The van der Waals surface area contributed by atoms with Crippen molar-refractivity contribution in [2.45, 2.75) is 50.5 Å². The van der Waals surface area contributed by atoms with Crippen molar-refractivity contribution in [3.05, 3.63) is 30.3 Å². The van der Waals surface area contributed by atoms with Crippen molar-refractivity contribution < 1.29 is 14.3 Å². The number of ether oxygens (including phenoxy) is 1. The number of carbonyl (C=O) groups excluding carboxylic acids is 2. The Morgan fingerprint density at radius 2 is 2.04 bits per heavy atom. The third-order valence-electron chi connectivity index (χ3n) is 3.99. The van der Waals surface area contributed by atoms with Crippen LogP contribution in [0.15, 0.2) is 35.5 Å². The molecule has 26 heavy (non-hydrogen) atoms. The standard InChI is InChI=1S/C18H22N4O3S/c1-3-22-16(13-7-5-4-6-8-13)20-21-18(22)26-11-15(23)25-12(2)17(24)19-14-9-10-14/h4-8,12,14H,3,9-11H2,1-2H3,(H,19,24)/t12-/m0/s1. The van der Waals surface area contributed by atoms with Gasteiger partial charge in [0.25, 0.3) is 5.91 Å². The van der Waals surface area contributed by atoms with E-state index in [1.165, 1.54) is 11.8 Å². The van der Waals surface area contributed by atoms with Crippen LogP contribution < -0.4 is 5.32 Å². The van der Waals surface area contributed by atoms with Gasteiger partial charge in [-0.25, -0.2) is 0 Å². The van der Waals surface area contributed by atoms with Crippen LogP contribution in [0.3, 0.4) is 0 Å². The van der Waals surface area contributed by atoms with Crippen LogP contribution in [0.5, 0.6) is 0 Å². The zero-order valence-electron chi connectivity index (χ0n) is 14.8. The third-order valence-corrected chi connectivity index (χ3v) is 4.93. The van der Waals surface area contributed by atoms with E-state index >= 15 is 0 Å². The molecule has 7 nitrogen and oxygen atoms in total. The minimum atomic E-state index is -0.785. The van der Waals surface area contributed by atoms with Gasteiger partial charge in [-0.2, -0.15) is 0 Å². The summed E-state index contributed by atoms with van der Waals surface area (Å²) in [5, 5.41) is 11.9. The van der Waals surface area contributed by atoms with E-state index in [1.54, 1.807) is 6.92 Å². The SMILES string of the molecule is CCn1c(SCC(=O)O[C@@H](C)C(=O)NC2CC2)nnc1-c1ccccc1. The quantitative estimate of drug-likeness (QED) is 0.563. The second kappa shape index (κ2) is 8.35. The van der Waals surface area contributed by atoms with E-state index in [1.807, 2.05) is 41.8 Å². The van der Waals surface area contributed by atoms with Crippen LogP contribution in [-0.4, -0.2) is 44.5 Å². The van der Waals surface area contributed by atoms with Crippen LogP contribution in [0.25, 0.3) is 11.4 Å². The molecule has 1 fully saturated rings. The minimum absolute atomic E-state index is 0.0774. The number of hydrogen-bond acceptors (Lipinski definition) is 6. The lowest BCUT2D eigenvalue weighted by Crippen LogP contribution is -2.37. The molecular weight excluding hydrogens is 352 g/mol. The Morgan fingerprint density at radius 1 is 1.31 bits per heavy atom. The van der Waals surface area contributed by atoms with Crippen molar-refractivity contribution >= 4 is 23.6 Å². The first-order chi connectivity index (χ1) is 12.6. The smallest absolute Gasteiger partial charge is 0.317 e. The number of aromatic nitrogens is 3. The number of thioether (sulfide) groups is 1. The number of hydrogen-bond donors (Lipinski definition) is 1. The predicted molar refractivity (Wildman–Crippen MR) is 98.6 cm³/mol. The van der Waals surface area contributed by atoms with Crippen molar-refractivity contribution in [1.82, 2.24) is 20.1 Å². The first-order valence-electron chi connectivity index (χ1n) is 8.69. The molecule has 8 heteroatoms. The Hall–Kier alpha value is -2.35. The summed E-state index contributed by atoms with van der Waals surface area (Å²) in [7, 11) is 0. The molecule has 0 spiro atoms. The highest BCUT2D eigenvalue weighted by Crippen LogP contribution is 2.24. The van der Waals surface area contributed by atoms with Crippen molar-refractivity contribution in [3.63, 3.8) is 0 Å². The summed E-state index contributed by atoms with van der Waals surface area (Å²) in [6.07, 6.45) is 1.21. The highest BCUT2D eigenvalue weighted by molar-refractivity contribution is 7.99. The van der Waals surface area contributed by atoms with E-state index in [0.717, 1.165) is 24.2 Å². The summed E-state index contributed by atoms with van der Waals surface area (Å²) >= 11 is 1.26. The summed E-state index contributed by atoms with van der Waals surface area (Å²) in [5.41, 5.74) is 0.974. The van der Waals surface area contributed by atoms with Gasteiger partial charge in [0.15, 0.2) is 17.1 Å². The maximum Gasteiger partial charge on any atom is 0.317 e. The van der Waals surface area contributed by atoms with E-state index in [9.17, 15) is 9.59 Å². The normalized spacial score (nSPS) is 14.7. The topological polar surface area (TPSA) is 86.1 Å². The Labute approximate surface area is 156 Å². The zero-order valence-corrected chi connectivity index (χ0v) is 15.7. The Kier molecular flexibility index (Phi) is 5.92. The maximum atomic E-state index is 12.0. The minimum Gasteiger partial charge on any atom is -0.452 e. The van der Waals surface area contributed by atoms with E-state index in [4.69, 9.17) is 4.74 Å². The van der Waals surface area contributed by atoms with Crippen LogP contribution in [0.2, 0.25) is 0 Å². The molecule has 3 rings (SSSR count). The van der Waals surface area contributed by atoms with Crippen molar-refractivity contribution in [2.75, 3.05) is 5.75 Å². The number of rotatable bonds is 8. The molecule has 1 atom stereocenters. The molecule has 138 valence electrons. The van der Waals surface area contributed by atoms with Gasteiger partial charge in [0.05, 0.1) is 5.75 Å². The monoisotopic (exact) mass is 374 g/mol. The van der Waals surface area contributed by atoms with Gasteiger partial charge < -0.3 is 14.6 Å². The summed E-state index contributed by atoms with van der Waals surface area (Å²) < 4.78 is 7.15. The average Bonchev–Trinajstić information content (AvgIpc) is 3.36. The molecule has 1 aliphatic rings.